The van der Waals surface area contributed by atoms with E-state index in [1.807, 2.05) is 42.5 Å². The summed E-state index contributed by atoms with van der Waals surface area (Å²) in [5, 5.41) is 4.93. The van der Waals surface area contributed by atoms with Gasteiger partial charge in [-0.3, -0.25) is 0 Å². The maximum atomic E-state index is 5.03. The maximum Gasteiger partial charge on any atom is 0.160 e. The Morgan fingerprint density at radius 1 is 0.694 bits per heavy atom. The van der Waals surface area contributed by atoms with Crippen LogP contribution in [0.2, 0.25) is 0 Å². The monoisotopic (exact) mass is 632 g/mol. The van der Waals surface area contributed by atoms with Crippen LogP contribution in [0.25, 0.3) is 84.3 Å². The Labute approximate surface area is 286 Å². The molecule has 0 saturated carbocycles. The second-order valence-corrected chi connectivity index (χ2v) is 12.1. The third-order valence-electron chi connectivity index (χ3n) is 9.21. The summed E-state index contributed by atoms with van der Waals surface area (Å²) in [6.07, 6.45) is 9.51. The van der Waals surface area contributed by atoms with Gasteiger partial charge in [0.15, 0.2) is 5.82 Å². The zero-order valence-electron chi connectivity index (χ0n) is 27.7. The van der Waals surface area contributed by atoms with Crippen molar-refractivity contribution in [1.29, 1.82) is 0 Å². The lowest BCUT2D eigenvalue weighted by atomic mass is 10.00. The number of hydrogen-bond acceptors (Lipinski definition) is 2. The minimum absolute atomic E-state index is 0.713. The Morgan fingerprint density at radius 3 is 2.06 bits per heavy atom. The molecule has 0 saturated heterocycles. The molecule has 4 nitrogen and oxygen atoms in total. The second kappa shape index (κ2) is 12.7. The normalized spacial score (nSPS) is 12.3. The van der Waals surface area contributed by atoms with E-state index in [4.69, 9.17) is 9.97 Å². The molecule has 0 bridgehead atoms. The molecule has 0 N–H and O–H groups in total. The van der Waals surface area contributed by atoms with Crippen LogP contribution >= 0.6 is 0 Å². The molecular weight excluding hydrogens is 597 g/mol. The lowest BCUT2D eigenvalue weighted by Crippen LogP contribution is -2.15. The van der Waals surface area contributed by atoms with E-state index in [0.29, 0.717) is 5.82 Å². The summed E-state index contributed by atoms with van der Waals surface area (Å²) in [5.41, 5.74) is 10.6. The van der Waals surface area contributed by atoms with Crippen LogP contribution < -0.4 is 5.35 Å². The summed E-state index contributed by atoms with van der Waals surface area (Å²) < 4.78 is 4.63. The molecule has 236 valence electrons. The first kappa shape index (κ1) is 30.1. The van der Waals surface area contributed by atoms with Gasteiger partial charge in [0.1, 0.15) is 0 Å². The Hall–Kier alpha value is -6.26. The summed E-state index contributed by atoms with van der Waals surface area (Å²) in [6, 6.07) is 46.7. The molecule has 8 rings (SSSR count). The highest BCUT2D eigenvalue weighted by Gasteiger charge is 2.19. The van der Waals surface area contributed by atoms with Crippen molar-refractivity contribution in [3.8, 4) is 50.8 Å². The third kappa shape index (κ3) is 5.28. The van der Waals surface area contributed by atoms with E-state index in [0.717, 1.165) is 51.6 Å². The minimum atomic E-state index is 0.713. The van der Waals surface area contributed by atoms with Gasteiger partial charge in [-0.15, -0.1) is 0 Å². The number of nitrogens with zero attached hydrogens (tertiary/aromatic N) is 4. The van der Waals surface area contributed by atoms with Crippen molar-refractivity contribution in [2.45, 2.75) is 20.3 Å². The predicted molar refractivity (Wildman–Crippen MR) is 206 cm³/mol. The first-order valence-electron chi connectivity index (χ1n) is 16.8. The van der Waals surface area contributed by atoms with E-state index in [-0.39, 0.29) is 0 Å². The molecule has 0 aliphatic heterocycles. The van der Waals surface area contributed by atoms with Crippen molar-refractivity contribution in [3.05, 3.63) is 164 Å². The average Bonchev–Trinajstić information content (AvgIpc) is 3.79. The van der Waals surface area contributed by atoms with E-state index in [2.05, 4.69) is 145 Å². The SMILES string of the molecule is C=C/C(=C\CC)n1/c(=C/C)c2c(-c3cccn3-c3ccc(-c4cc(-c5ccccc5)nc(-c5ccccc5)n4)cc3)ccc3cccc1c32. The van der Waals surface area contributed by atoms with Gasteiger partial charge in [-0.1, -0.05) is 123 Å². The fourth-order valence-electron chi connectivity index (χ4n) is 6.98. The Morgan fingerprint density at radius 2 is 1.39 bits per heavy atom. The van der Waals surface area contributed by atoms with Crippen molar-refractivity contribution in [3.63, 3.8) is 0 Å². The molecule has 0 aliphatic rings. The van der Waals surface area contributed by atoms with E-state index >= 15 is 0 Å². The highest BCUT2D eigenvalue weighted by molar-refractivity contribution is 6.16. The van der Waals surface area contributed by atoms with E-state index in [1.54, 1.807) is 0 Å². The van der Waals surface area contributed by atoms with E-state index < -0.39 is 0 Å². The molecule has 3 heterocycles. The van der Waals surface area contributed by atoms with Crippen molar-refractivity contribution >= 4 is 33.4 Å². The molecular formula is C45H36N4. The van der Waals surface area contributed by atoms with Crippen molar-refractivity contribution < 1.29 is 0 Å². The summed E-state index contributed by atoms with van der Waals surface area (Å²) in [4.78, 5) is 9.99. The average molecular weight is 633 g/mol. The highest BCUT2D eigenvalue weighted by atomic mass is 15.0. The largest absolute Gasteiger partial charge is 0.317 e. The molecule has 0 unspecified atom stereocenters. The van der Waals surface area contributed by atoms with Crippen LogP contribution in [0.5, 0.6) is 0 Å². The van der Waals surface area contributed by atoms with Gasteiger partial charge in [-0.2, -0.15) is 0 Å². The smallest absolute Gasteiger partial charge is 0.160 e. The third-order valence-corrected chi connectivity index (χ3v) is 9.21. The number of hydrogen-bond donors (Lipinski definition) is 0. The van der Waals surface area contributed by atoms with Crippen molar-refractivity contribution in [2.24, 2.45) is 0 Å². The molecule has 49 heavy (non-hydrogen) atoms. The van der Waals surface area contributed by atoms with Gasteiger partial charge < -0.3 is 9.13 Å². The van der Waals surface area contributed by atoms with E-state index in [9.17, 15) is 0 Å². The minimum Gasteiger partial charge on any atom is -0.317 e. The van der Waals surface area contributed by atoms with Crippen LogP contribution in [0.3, 0.4) is 0 Å². The van der Waals surface area contributed by atoms with Gasteiger partial charge >= 0.3 is 0 Å². The molecule has 0 fully saturated rings. The summed E-state index contributed by atoms with van der Waals surface area (Å²) in [7, 11) is 0. The molecule has 0 aliphatic carbocycles. The summed E-state index contributed by atoms with van der Waals surface area (Å²) >= 11 is 0. The van der Waals surface area contributed by atoms with E-state index in [1.165, 1.54) is 32.6 Å². The first-order chi connectivity index (χ1) is 24.2. The summed E-state index contributed by atoms with van der Waals surface area (Å²) in [6.45, 7) is 8.46. The highest BCUT2D eigenvalue weighted by Crippen LogP contribution is 2.36. The molecule has 0 radical (unpaired) electrons. The van der Waals surface area contributed by atoms with Gasteiger partial charge in [0.25, 0.3) is 0 Å². The molecule has 5 aromatic carbocycles. The standard InChI is InChI=1S/C45H36N4/c1-4-15-35(5-2)49-40(6-3)44-37(28-25-33-20-13-21-42(49)43(33)44)41-22-14-29-48(41)36-26-23-32(24-27-36)39-30-38(31-16-9-7-10-17-31)46-45(47-39)34-18-11-8-12-19-34/h5-30H,2,4H2,1,3H3/b35-15+,40-6+. The van der Waals surface area contributed by atoms with Crippen LogP contribution in [0, 0.1) is 0 Å². The molecule has 3 aromatic heterocycles. The fourth-order valence-corrected chi connectivity index (χ4v) is 6.98. The first-order valence-corrected chi connectivity index (χ1v) is 16.8. The van der Waals surface area contributed by atoms with Crippen LogP contribution in [0.4, 0.5) is 0 Å². The number of allylic oxidation sites excluding steroid dienone is 3. The van der Waals surface area contributed by atoms with Crippen LogP contribution in [-0.2, 0) is 0 Å². The number of rotatable bonds is 8. The number of aromatic nitrogens is 4. The molecule has 0 atom stereocenters. The van der Waals surface area contributed by atoms with Gasteiger partial charge in [-0.05, 0) is 61.2 Å². The molecule has 0 amide bonds. The van der Waals surface area contributed by atoms with Crippen molar-refractivity contribution in [2.75, 3.05) is 0 Å². The van der Waals surface area contributed by atoms with Crippen molar-refractivity contribution in [1.82, 2.24) is 19.1 Å². The Kier molecular flexibility index (Phi) is 7.83. The van der Waals surface area contributed by atoms with Gasteiger partial charge in [-0.25, -0.2) is 9.97 Å². The van der Waals surface area contributed by atoms with Crippen LogP contribution in [0.1, 0.15) is 20.3 Å². The topological polar surface area (TPSA) is 35.6 Å². The fraction of sp³-hybridized carbons (Fsp3) is 0.0667. The van der Waals surface area contributed by atoms with Crippen LogP contribution in [0.15, 0.2) is 158 Å². The molecule has 8 aromatic rings. The Balaban J connectivity index is 1.25. The quantitative estimate of drug-likeness (QED) is 0.156. The number of benzene rings is 5. The predicted octanol–water partition coefficient (Wildman–Crippen LogP) is 11.0. The molecule has 4 heteroatoms. The van der Waals surface area contributed by atoms with Crippen LogP contribution in [-0.4, -0.2) is 19.1 Å². The zero-order chi connectivity index (χ0) is 33.3. The summed E-state index contributed by atoms with van der Waals surface area (Å²) in [5.74, 6) is 0.713. The van der Waals surface area contributed by atoms with Gasteiger partial charge in [0.2, 0.25) is 0 Å². The zero-order valence-corrected chi connectivity index (χ0v) is 27.7. The van der Waals surface area contributed by atoms with Gasteiger partial charge in [0.05, 0.1) is 27.9 Å². The lowest BCUT2D eigenvalue weighted by molar-refractivity contribution is 1.09. The Bertz CT molecular complexity index is 2480. The maximum absolute atomic E-state index is 5.03. The lowest BCUT2D eigenvalue weighted by Gasteiger charge is -2.13. The molecule has 0 spiro atoms. The second-order valence-electron chi connectivity index (χ2n) is 12.1. The van der Waals surface area contributed by atoms with Gasteiger partial charge in [0, 0.05) is 50.6 Å².